The first-order valence-electron chi connectivity index (χ1n) is 6.30. The van der Waals surface area contributed by atoms with Crippen LogP contribution in [0.25, 0.3) is 0 Å². The minimum atomic E-state index is -0.106. The molecule has 0 aliphatic rings. The molecule has 0 rings (SSSR count). The normalized spacial score (nSPS) is 12.5. The monoisotopic (exact) mass is 243 g/mol. The standard InChI is InChI=1S/C14H30NP/c1-11(2)10-15(14(7,8)9)16(12(3)4)13(5)6/h10,12-13H,1-9H3. The van der Waals surface area contributed by atoms with E-state index >= 15 is 0 Å². The van der Waals surface area contributed by atoms with Crippen molar-refractivity contribution in [1.82, 2.24) is 4.67 Å². The van der Waals surface area contributed by atoms with E-state index in [1.807, 2.05) is 0 Å². The molecule has 0 N–H and O–H groups in total. The van der Waals surface area contributed by atoms with Gasteiger partial charge < -0.3 is 4.67 Å². The Labute approximate surface area is 104 Å². The highest BCUT2D eigenvalue weighted by atomic mass is 31.1. The van der Waals surface area contributed by atoms with E-state index in [1.54, 1.807) is 0 Å². The third-order valence-corrected chi connectivity index (χ3v) is 5.70. The number of hydrogen-bond donors (Lipinski definition) is 0. The van der Waals surface area contributed by atoms with Crippen molar-refractivity contribution < 1.29 is 0 Å². The summed E-state index contributed by atoms with van der Waals surface area (Å²) in [5, 5.41) is 0. The number of nitrogens with zero attached hydrogens (tertiary/aromatic N) is 1. The second-order valence-electron chi connectivity index (χ2n) is 6.29. The lowest BCUT2D eigenvalue weighted by Gasteiger charge is -2.45. The zero-order chi connectivity index (χ0) is 13.1. The van der Waals surface area contributed by atoms with Crippen LogP contribution < -0.4 is 0 Å². The van der Waals surface area contributed by atoms with Crippen LogP contribution in [0.1, 0.15) is 62.3 Å². The van der Waals surface area contributed by atoms with Crippen LogP contribution >= 0.6 is 8.07 Å². The maximum absolute atomic E-state index is 2.60. The first kappa shape index (κ1) is 16.0. The summed E-state index contributed by atoms with van der Waals surface area (Å²) in [6.45, 7) is 20.7. The highest BCUT2D eigenvalue weighted by Crippen LogP contribution is 2.53. The molecule has 0 amide bonds. The van der Waals surface area contributed by atoms with Crippen molar-refractivity contribution in [1.29, 1.82) is 0 Å². The lowest BCUT2D eigenvalue weighted by atomic mass is 10.1. The first-order chi connectivity index (χ1) is 7.07. The van der Waals surface area contributed by atoms with E-state index in [0.29, 0.717) is 0 Å². The Morgan fingerprint density at radius 3 is 1.56 bits per heavy atom. The van der Waals surface area contributed by atoms with Gasteiger partial charge in [-0.3, -0.25) is 0 Å². The van der Waals surface area contributed by atoms with Crippen LogP contribution in [-0.4, -0.2) is 21.5 Å². The molecule has 0 radical (unpaired) electrons. The second kappa shape index (κ2) is 6.05. The highest BCUT2D eigenvalue weighted by Gasteiger charge is 2.30. The maximum Gasteiger partial charge on any atom is 0.0348 e. The summed E-state index contributed by atoms with van der Waals surface area (Å²) < 4.78 is 2.60. The quantitative estimate of drug-likeness (QED) is 0.611. The second-order valence-corrected chi connectivity index (χ2v) is 9.55. The van der Waals surface area contributed by atoms with Gasteiger partial charge in [0, 0.05) is 11.7 Å². The molecule has 16 heavy (non-hydrogen) atoms. The fourth-order valence-electron chi connectivity index (χ4n) is 1.95. The van der Waals surface area contributed by atoms with Crippen LogP contribution in [0.15, 0.2) is 11.8 Å². The smallest absolute Gasteiger partial charge is 0.0348 e. The Kier molecular flexibility index (Phi) is 6.04. The molecule has 0 unspecified atom stereocenters. The molecule has 96 valence electrons. The molecule has 0 heterocycles. The number of rotatable bonds is 4. The molecule has 2 heteroatoms. The van der Waals surface area contributed by atoms with Crippen molar-refractivity contribution in [2.24, 2.45) is 0 Å². The molecule has 0 aliphatic carbocycles. The van der Waals surface area contributed by atoms with Gasteiger partial charge in [0.2, 0.25) is 0 Å². The van der Waals surface area contributed by atoms with E-state index in [4.69, 9.17) is 0 Å². The predicted octanol–water partition coefficient (Wildman–Crippen LogP) is 5.22. The fourth-order valence-corrected chi connectivity index (χ4v) is 5.19. The summed E-state index contributed by atoms with van der Waals surface area (Å²) in [5.41, 5.74) is 3.09. The van der Waals surface area contributed by atoms with Crippen LogP contribution in [0.3, 0.4) is 0 Å². The van der Waals surface area contributed by atoms with Gasteiger partial charge in [-0.15, -0.1) is 0 Å². The van der Waals surface area contributed by atoms with Crippen LogP contribution in [0.4, 0.5) is 0 Å². The largest absolute Gasteiger partial charge is 0.351 e. The van der Waals surface area contributed by atoms with Gasteiger partial charge in [-0.2, -0.15) is 0 Å². The number of hydrogen-bond acceptors (Lipinski definition) is 1. The molecular weight excluding hydrogens is 213 g/mol. The van der Waals surface area contributed by atoms with Gasteiger partial charge in [0.15, 0.2) is 0 Å². The molecule has 0 bridgehead atoms. The summed E-state index contributed by atoms with van der Waals surface area (Å²) >= 11 is 0. The molecule has 0 fully saturated rings. The lowest BCUT2D eigenvalue weighted by molar-refractivity contribution is 0.332. The van der Waals surface area contributed by atoms with E-state index in [1.165, 1.54) is 5.57 Å². The summed E-state index contributed by atoms with van der Waals surface area (Å²) in [5.74, 6) is 0. The van der Waals surface area contributed by atoms with E-state index in [2.05, 4.69) is 73.2 Å². The van der Waals surface area contributed by atoms with Crippen LogP contribution in [0, 0.1) is 0 Å². The first-order valence-corrected chi connectivity index (χ1v) is 7.73. The molecule has 0 aromatic rings. The zero-order valence-electron chi connectivity index (χ0n) is 12.6. The molecule has 0 aliphatic heterocycles. The summed E-state index contributed by atoms with van der Waals surface area (Å²) in [7, 11) is -0.106. The van der Waals surface area contributed by atoms with Gasteiger partial charge in [0.05, 0.1) is 0 Å². The molecule has 0 spiro atoms. The van der Waals surface area contributed by atoms with Crippen molar-refractivity contribution in [2.45, 2.75) is 79.2 Å². The van der Waals surface area contributed by atoms with Crippen molar-refractivity contribution >= 4 is 8.07 Å². The van der Waals surface area contributed by atoms with Crippen molar-refractivity contribution in [3.8, 4) is 0 Å². The van der Waals surface area contributed by atoms with Gasteiger partial charge in [-0.1, -0.05) is 33.3 Å². The average Bonchev–Trinajstić information content (AvgIpc) is 1.98. The maximum atomic E-state index is 2.60. The lowest BCUT2D eigenvalue weighted by Crippen LogP contribution is -2.37. The molecular formula is C14H30NP. The van der Waals surface area contributed by atoms with Gasteiger partial charge in [0.25, 0.3) is 0 Å². The van der Waals surface area contributed by atoms with Gasteiger partial charge in [-0.25, -0.2) is 0 Å². The zero-order valence-corrected chi connectivity index (χ0v) is 13.5. The van der Waals surface area contributed by atoms with Crippen LogP contribution in [0.5, 0.6) is 0 Å². The Bertz CT molecular complexity index is 224. The van der Waals surface area contributed by atoms with Gasteiger partial charge in [0.1, 0.15) is 0 Å². The Hall–Kier alpha value is -0.0300. The minimum absolute atomic E-state index is 0.106. The van der Waals surface area contributed by atoms with Crippen molar-refractivity contribution in [2.75, 3.05) is 0 Å². The SMILES string of the molecule is CC(C)=CN(P(C(C)C)C(C)C)C(C)(C)C. The predicted molar refractivity (Wildman–Crippen MR) is 78.2 cm³/mol. The van der Waals surface area contributed by atoms with Gasteiger partial charge >= 0.3 is 0 Å². The van der Waals surface area contributed by atoms with E-state index < -0.39 is 0 Å². The van der Waals surface area contributed by atoms with E-state index in [0.717, 1.165) is 11.3 Å². The Morgan fingerprint density at radius 1 is 1.00 bits per heavy atom. The summed E-state index contributed by atoms with van der Waals surface area (Å²) in [6.07, 6.45) is 2.35. The number of allylic oxidation sites excluding steroid dienone is 1. The molecule has 0 saturated carbocycles. The van der Waals surface area contributed by atoms with Crippen molar-refractivity contribution in [3.63, 3.8) is 0 Å². The van der Waals surface area contributed by atoms with Crippen LogP contribution in [0.2, 0.25) is 0 Å². The minimum Gasteiger partial charge on any atom is -0.351 e. The third-order valence-electron chi connectivity index (χ3n) is 2.37. The van der Waals surface area contributed by atoms with Crippen molar-refractivity contribution in [3.05, 3.63) is 11.8 Å². The highest BCUT2D eigenvalue weighted by molar-refractivity contribution is 7.56. The molecule has 1 nitrogen and oxygen atoms in total. The van der Waals surface area contributed by atoms with E-state index in [9.17, 15) is 0 Å². The topological polar surface area (TPSA) is 3.24 Å². The third kappa shape index (κ3) is 4.87. The molecule has 0 aromatic carbocycles. The molecule has 0 atom stereocenters. The Morgan fingerprint density at radius 2 is 1.38 bits per heavy atom. The summed E-state index contributed by atoms with van der Waals surface area (Å²) in [4.78, 5) is 0. The van der Waals surface area contributed by atoms with Gasteiger partial charge in [-0.05, 0) is 54.0 Å². The fraction of sp³-hybridized carbons (Fsp3) is 0.857. The Balaban J connectivity index is 5.22. The van der Waals surface area contributed by atoms with E-state index in [-0.39, 0.29) is 13.6 Å². The van der Waals surface area contributed by atoms with Crippen LogP contribution in [-0.2, 0) is 0 Å². The summed E-state index contributed by atoms with van der Waals surface area (Å²) in [6, 6.07) is 0. The molecule has 0 aromatic heterocycles. The molecule has 0 saturated heterocycles. The average molecular weight is 243 g/mol.